The lowest BCUT2D eigenvalue weighted by Crippen LogP contribution is -2.31. The Kier molecular flexibility index (Phi) is 9.57. The molecule has 23 heavy (non-hydrogen) atoms. The Labute approximate surface area is 145 Å². The van der Waals surface area contributed by atoms with Gasteiger partial charge >= 0.3 is 0 Å². The SMILES string of the molecule is C[Si](C)(F)CCC[Si](F)(CCC[Si](C)(C)F)CCC[Si](C)(C)F. The first kappa shape index (κ1) is 23.6. The fourth-order valence-corrected chi connectivity index (χ4v) is 10.1. The molecule has 0 aromatic carbocycles. The lowest BCUT2D eigenvalue weighted by atomic mass is 10.5. The molecule has 0 aromatic rings. The fraction of sp³-hybridized carbons (Fsp3) is 1.00. The number of rotatable bonds is 12. The van der Waals surface area contributed by atoms with Crippen LogP contribution in [0.1, 0.15) is 19.3 Å². The Morgan fingerprint density at radius 1 is 0.435 bits per heavy atom. The molecule has 0 spiro atoms. The van der Waals surface area contributed by atoms with Crippen molar-refractivity contribution >= 4 is 33.6 Å². The van der Waals surface area contributed by atoms with Crippen LogP contribution in [0.15, 0.2) is 0 Å². The fourth-order valence-electron chi connectivity index (χ4n) is 2.85. The van der Waals surface area contributed by atoms with Crippen LogP contribution in [0, 0.1) is 0 Å². The molecular formula is C15H36F4Si4. The molecule has 0 unspecified atom stereocenters. The molecule has 0 fully saturated rings. The van der Waals surface area contributed by atoms with Crippen molar-refractivity contribution in [2.45, 2.75) is 94.8 Å². The predicted molar refractivity (Wildman–Crippen MR) is 105 cm³/mol. The Bertz CT molecular complexity index is 282. The smallest absolute Gasteiger partial charge is 0.247 e. The Morgan fingerprint density at radius 3 is 0.826 bits per heavy atom. The average Bonchev–Trinajstić information content (AvgIpc) is 2.22. The van der Waals surface area contributed by atoms with E-state index < -0.39 is 33.6 Å². The van der Waals surface area contributed by atoms with E-state index in [2.05, 4.69) is 0 Å². The van der Waals surface area contributed by atoms with Crippen molar-refractivity contribution in [1.82, 2.24) is 0 Å². The van der Waals surface area contributed by atoms with Crippen molar-refractivity contribution in [2.24, 2.45) is 0 Å². The molecule has 0 atom stereocenters. The topological polar surface area (TPSA) is 0 Å². The Morgan fingerprint density at radius 2 is 0.652 bits per heavy atom. The molecule has 0 nitrogen and oxygen atoms in total. The maximum Gasteiger partial charge on any atom is 0.247 e. The van der Waals surface area contributed by atoms with Crippen LogP contribution in [0.3, 0.4) is 0 Å². The molecule has 0 amide bonds. The van der Waals surface area contributed by atoms with Crippen molar-refractivity contribution in [1.29, 1.82) is 0 Å². The monoisotopic (exact) mass is 404 g/mol. The standard InChI is InChI=1S/C15H36F4Si4/c1-20(2,16)10-7-13-23(19,14-8-11-21(3,4)17)15-9-12-22(5,6)18/h7-15H2,1-6H3. The zero-order valence-corrected chi connectivity index (χ0v) is 19.9. The van der Waals surface area contributed by atoms with Crippen LogP contribution in [0.5, 0.6) is 0 Å². The van der Waals surface area contributed by atoms with Crippen LogP contribution in [0.4, 0.5) is 16.4 Å². The second-order valence-corrected chi connectivity index (χ2v) is 24.5. The van der Waals surface area contributed by atoms with Gasteiger partial charge in [0.15, 0.2) is 0 Å². The summed E-state index contributed by atoms with van der Waals surface area (Å²) in [6.45, 7) is 9.93. The summed E-state index contributed by atoms with van der Waals surface area (Å²) in [6, 6.07) is 2.90. The first-order chi connectivity index (χ1) is 10.1. The summed E-state index contributed by atoms with van der Waals surface area (Å²) in [5.74, 6) is 0. The van der Waals surface area contributed by atoms with E-state index in [0.29, 0.717) is 55.5 Å². The van der Waals surface area contributed by atoms with Crippen LogP contribution in [-0.4, -0.2) is 33.6 Å². The van der Waals surface area contributed by atoms with Gasteiger partial charge in [0.05, 0.1) is 0 Å². The van der Waals surface area contributed by atoms with E-state index in [-0.39, 0.29) is 0 Å². The lowest BCUT2D eigenvalue weighted by molar-refractivity contribution is 0.688. The van der Waals surface area contributed by atoms with Gasteiger partial charge in [-0.1, -0.05) is 19.3 Å². The van der Waals surface area contributed by atoms with Crippen LogP contribution in [0.25, 0.3) is 0 Å². The molecule has 0 aliphatic carbocycles. The van der Waals surface area contributed by atoms with Gasteiger partial charge in [-0.3, -0.25) is 0 Å². The molecule has 0 N–H and O–H groups in total. The van der Waals surface area contributed by atoms with E-state index in [9.17, 15) is 12.3 Å². The third kappa shape index (κ3) is 15.8. The second-order valence-electron chi connectivity index (χ2n) is 8.87. The minimum Gasteiger partial charge on any atom is -0.314 e. The van der Waals surface area contributed by atoms with E-state index in [4.69, 9.17) is 0 Å². The van der Waals surface area contributed by atoms with Gasteiger partial charge in [0, 0.05) is 0 Å². The summed E-state index contributed by atoms with van der Waals surface area (Å²) >= 11 is 0. The molecule has 0 heterocycles. The number of halogens is 4. The van der Waals surface area contributed by atoms with Gasteiger partial charge < -0.3 is 16.4 Å². The predicted octanol–water partition coefficient (Wildman–Crippen LogP) is 7.60. The molecular weight excluding hydrogens is 369 g/mol. The minimum absolute atomic E-state index is 0.468. The van der Waals surface area contributed by atoms with E-state index in [0.717, 1.165) is 0 Å². The van der Waals surface area contributed by atoms with E-state index in [1.54, 1.807) is 39.3 Å². The highest BCUT2D eigenvalue weighted by Gasteiger charge is 2.36. The van der Waals surface area contributed by atoms with Gasteiger partial charge in [-0.2, -0.15) is 0 Å². The number of hydrogen-bond donors (Lipinski definition) is 0. The largest absolute Gasteiger partial charge is 0.314 e. The van der Waals surface area contributed by atoms with Crippen molar-refractivity contribution in [3.8, 4) is 0 Å². The maximum atomic E-state index is 15.3. The molecule has 0 rings (SSSR count). The quantitative estimate of drug-likeness (QED) is 0.178. The third-order valence-corrected chi connectivity index (χ3v) is 12.6. The Balaban J connectivity index is 4.50. The van der Waals surface area contributed by atoms with E-state index in [1.165, 1.54) is 0 Å². The molecule has 0 aliphatic heterocycles. The van der Waals surface area contributed by atoms with Crippen molar-refractivity contribution in [3.05, 3.63) is 0 Å². The zero-order chi connectivity index (χ0) is 18.4. The van der Waals surface area contributed by atoms with Gasteiger partial charge in [0.2, 0.25) is 33.6 Å². The Hall–Kier alpha value is 0.588. The summed E-state index contributed by atoms with van der Waals surface area (Å²) in [5, 5.41) is 0. The van der Waals surface area contributed by atoms with Gasteiger partial charge in [0.25, 0.3) is 0 Å². The normalized spacial score (nSPS) is 14.3. The number of hydrogen-bond acceptors (Lipinski definition) is 0. The van der Waals surface area contributed by atoms with Crippen LogP contribution in [0.2, 0.25) is 75.5 Å². The summed E-state index contributed by atoms with van der Waals surface area (Å²) in [5.41, 5.74) is 0. The zero-order valence-electron chi connectivity index (χ0n) is 15.9. The van der Waals surface area contributed by atoms with Crippen molar-refractivity contribution in [2.75, 3.05) is 0 Å². The first-order valence-corrected chi connectivity index (χ1v) is 20.6. The van der Waals surface area contributed by atoms with E-state index >= 15 is 4.11 Å². The molecule has 0 aromatic heterocycles. The second kappa shape index (κ2) is 9.33. The summed E-state index contributed by atoms with van der Waals surface area (Å²) < 4.78 is 56.5. The van der Waals surface area contributed by atoms with Gasteiger partial charge in [0.1, 0.15) is 0 Å². The maximum absolute atomic E-state index is 15.3. The van der Waals surface area contributed by atoms with Crippen LogP contribution < -0.4 is 0 Å². The first-order valence-electron chi connectivity index (χ1n) is 8.88. The molecule has 0 bridgehead atoms. The van der Waals surface area contributed by atoms with Crippen molar-refractivity contribution < 1.29 is 16.4 Å². The highest BCUT2D eigenvalue weighted by atomic mass is 28.4. The van der Waals surface area contributed by atoms with Crippen LogP contribution in [-0.2, 0) is 0 Å². The summed E-state index contributed by atoms with van der Waals surface area (Å²) in [7, 11) is -10.9. The molecule has 140 valence electrons. The van der Waals surface area contributed by atoms with Gasteiger partial charge in [-0.05, 0) is 75.5 Å². The van der Waals surface area contributed by atoms with Gasteiger partial charge in [-0.25, -0.2) is 0 Å². The molecule has 0 radical (unpaired) electrons. The molecule has 0 saturated heterocycles. The van der Waals surface area contributed by atoms with Crippen molar-refractivity contribution in [3.63, 3.8) is 0 Å². The minimum atomic E-state index is -2.98. The molecule has 0 aliphatic rings. The van der Waals surface area contributed by atoms with Gasteiger partial charge in [-0.15, -0.1) is 0 Å². The summed E-state index contributed by atoms with van der Waals surface area (Å²) in [4.78, 5) is 0. The highest BCUT2D eigenvalue weighted by Crippen LogP contribution is 2.33. The van der Waals surface area contributed by atoms with E-state index in [1.807, 2.05) is 0 Å². The third-order valence-electron chi connectivity index (χ3n) is 4.19. The lowest BCUT2D eigenvalue weighted by Gasteiger charge is -2.25. The highest BCUT2D eigenvalue weighted by molar-refractivity contribution is 6.75. The average molecular weight is 405 g/mol. The molecule has 0 saturated carbocycles. The van der Waals surface area contributed by atoms with Crippen LogP contribution >= 0.6 is 0 Å². The molecule has 8 heteroatoms. The summed E-state index contributed by atoms with van der Waals surface area (Å²) in [6.07, 6.45) is 1.81.